The number of benzene rings is 6. The molecule has 0 bridgehead atoms. The van der Waals surface area contributed by atoms with E-state index in [4.69, 9.17) is 9.47 Å². The summed E-state index contributed by atoms with van der Waals surface area (Å²) in [5.74, 6) is 2.90. The number of halogens is 6. The fraction of sp³-hybridized carbons (Fsp3) is 0.182. The lowest BCUT2D eigenvalue weighted by molar-refractivity contribution is -0.139. The molecule has 0 aliphatic carbocycles. The Balaban J connectivity index is 1.03. The van der Waals surface area contributed by atoms with Crippen molar-refractivity contribution >= 4 is 0 Å². The van der Waals surface area contributed by atoms with Gasteiger partial charge in [-0.25, -0.2) is 0 Å². The number of alkyl halides is 6. The Morgan fingerprint density at radius 2 is 0.769 bits per heavy atom. The molecule has 0 saturated carbocycles. The monoisotopic (exact) mass is 710 g/mol. The lowest BCUT2D eigenvalue weighted by Gasteiger charge is -2.19. The van der Waals surface area contributed by atoms with E-state index in [0.29, 0.717) is 29.0 Å². The largest absolute Gasteiger partial charge is 0.457 e. The topological polar surface area (TPSA) is 18.5 Å². The quantitative estimate of drug-likeness (QED) is 0.125. The molecule has 6 aromatic carbocycles. The predicted molar refractivity (Wildman–Crippen MR) is 192 cm³/mol. The second-order valence-electron chi connectivity index (χ2n) is 12.9. The van der Waals surface area contributed by atoms with Gasteiger partial charge in [0.05, 0.1) is 11.1 Å². The second kappa shape index (κ2) is 15.4. The molecule has 0 fully saturated rings. The van der Waals surface area contributed by atoms with Gasteiger partial charge in [0.1, 0.15) is 23.0 Å². The van der Waals surface area contributed by atoms with Crippen LogP contribution in [0.5, 0.6) is 23.0 Å². The zero-order valence-corrected chi connectivity index (χ0v) is 28.6. The third-order valence-electron chi connectivity index (χ3n) is 8.80. The van der Waals surface area contributed by atoms with Crippen LogP contribution in [0.3, 0.4) is 0 Å². The Morgan fingerprint density at radius 3 is 1.23 bits per heavy atom. The summed E-state index contributed by atoms with van der Waals surface area (Å²) in [6.45, 7) is 3.50. The first-order valence-corrected chi connectivity index (χ1v) is 16.9. The first-order chi connectivity index (χ1) is 24.8. The molecule has 0 N–H and O–H groups in total. The summed E-state index contributed by atoms with van der Waals surface area (Å²) in [5.41, 5.74) is 1.92. The maximum Gasteiger partial charge on any atom is 0.417 e. The highest BCUT2D eigenvalue weighted by Gasteiger charge is 2.38. The van der Waals surface area contributed by atoms with Crippen LogP contribution in [0.2, 0.25) is 0 Å². The van der Waals surface area contributed by atoms with Gasteiger partial charge in [0.15, 0.2) is 0 Å². The van der Waals surface area contributed by atoms with Crippen molar-refractivity contribution in [2.45, 2.75) is 51.9 Å². The fourth-order valence-corrected chi connectivity index (χ4v) is 6.04. The van der Waals surface area contributed by atoms with E-state index < -0.39 is 34.6 Å². The molecule has 52 heavy (non-hydrogen) atoms. The molecule has 0 heterocycles. The van der Waals surface area contributed by atoms with Crippen molar-refractivity contribution in [3.8, 4) is 34.1 Å². The molecule has 8 heteroatoms. The van der Waals surface area contributed by atoms with Gasteiger partial charge in [0, 0.05) is 0 Å². The third-order valence-corrected chi connectivity index (χ3v) is 8.80. The normalized spacial score (nSPS) is 11.8. The van der Waals surface area contributed by atoms with Gasteiger partial charge in [0.25, 0.3) is 0 Å². The predicted octanol–water partition coefficient (Wildman–Crippen LogP) is 13.2. The fourth-order valence-electron chi connectivity index (χ4n) is 6.04. The molecule has 0 spiro atoms. The van der Waals surface area contributed by atoms with Gasteiger partial charge in [0.2, 0.25) is 0 Å². The van der Waals surface area contributed by atoms with Crippen molar-refractivity contribution in [1.82, 2.24) is 0 Å². The highest BCUT2D eigenvalue weighted by Crippen LogP contribution is 2.43. The summed E-state index contributed by atoms with van der Waals surface area (Å²) in [4.78, 5) is 0. The van der Waals surface area contributed by atoms with Gasteiger partial charge in [-0.3, -0.25) is 0 Å². The van der Waals surface area contributed by atoms with E-state index >= 15 is 0 Å². The van der Waals surface area contributed by atoms with E-state index in [-0.39, 0.29) is 6.42 Å². The van der Waals surface area contributed by atoms with E-state index in [2.05, 4.69) is 12.1 Å². The van der Waals surface area contributed by atoms with Gasteiger partial charge in [-0.05, 0) is 139 Å². The van der Waals surface area contributed by atoms with Crippen LogP contribution >= 0.6 is 0 Å². The highest BCUT2D eigenvalue weighted by molar-refractivity contribution is 5.73. The highest BCUT2D eigenvalue weighted by atomic mass is 19.4. The molecule has 6 rings (SSSR count). The molecule has 266 valence electrons. The van der Waals surface area contributed by atoms with E-state index in [0.717, 1.165) is 59.7 Å². The third kappa shape index (κ3) is 9.43. The van der Waals surface area contributed by atoms with Crippen molar-refractivity contribution in [3.63, 3.8) is 0 Å². The first-order valence-electron chi connectivity index (χ1n) is 16.9. The summed E-state index contributed by atoms with van der Waals surface area (Å²) in [5, 5.41) is 0. The molecular weight excluding hydrogens is 674 g/mol. The SMILES string of the molecule is Cc1cccc(Oc2ccc(CCc3ccc(Oc4ccc(CCc5ccc(-c6ccc(C)cc6C(F)(F)F)c(C(F)(F)F)c5)cc4)cc3)cc2)c1. The van der Waals surface area contributed by atoms with Gasteiger partial charge in [-0.1, -0.05) is 78.4 Å². The minimum Gasteiger partial charge on any atom is -0.457 e. The van der Waals surface area contributed by atoms with Crippen molar-refractivity contribution in [3.05, 3.63) is 178 Å². The van der Waals surface area contributed by atoms with Crippen molar-refractivity contribution in [1.29, 1.82) is 0 Å². The Labute approximate surface area is 299 Å². The molecule has 0 aromatic heterocycles. The molecule has 2 nitrogen and oxygen atoms in total. The minimum absolute atomic E-state index is 0.274. The Bertz CT molecular complexity index is 2110. The lowest BCUT2D eigenvalue weighted by atomic mass is 9.91. The van der Waals surface area contributed by atoms with Gasteiger partial charge >= 0.3 is 12.4 Å². The van der Waals surface area contributed by atoms with E-state index in [1.54, 1.807) is 12.1 Å². The van der Waals surface area contributed by atoms with E-state index in [1.165, 1.54) is 30.2 Å². The van der Waals surface area contributed by atoms with Crippen LogP contribution in [0.25, 0.3) is 11.1 Å². The summed E-state index contributed by atoms with van der Waals surface area (Å²) >= 11 is 0. The van der Waals surface area contributed by atoms with Crippen molar-refractivity contribution in [2.24, 2.45) is 0 Å². The summed E-state index contributed by atoms with van der Waals surface area (Å²) in [6.07, 6.45) is -7.18. The average Bonchev–Trinajstić information content (AvgIpc) is 3.11. The van der Waals surface area contributed by atoms with Crippen LogP contribution in [0, 0.1) is 13.8 Å². The molecular formula is C44H36F6O2. The standard InChI is InChI=1S/C44H36F6O2/c1-29-4-3-5-38(26-29)52-37-22-15-32(16-23-37)8-7-31-11-18-35(19-12-31)51-36-20-13-33(14-21-36)9-10-34-17-25-40(42(28-34)44(48,49)50)39-24-6-30(2)27-41(39)43(45,46)47/h3-6,11-28H,7-10H2,1-2H3. The van der Waals surface area contributed by atoms with E-state index in [1.807, 2.05) is 79.7 Å². The molecule has 0 atom stereocenters. The molecule has 0 aliphatic rings. The Hall–Kier alpha value is -5.50. The number of rotatable bonds is 11. The lowest BCUT2D eigenvalue weighted by Crippen LogP contribution is -2.12. The second-order valence-corrected chi connectivity index (χ2v) is 12.9. The minimum atomic E-state index is -4.83. The summed E-state index contributed by atoms with van der Waals surface area (Å²) in [6, 6.07) is 38.1. The molecule has 0 saturated heterocycles. The smallest absolute Gasteiger partial charge is 0.417 e. The van der Waals surface area contributed by atoms with E-state index in [9.17, 15) is 26.3 Å². The van der Waals surface area contributed by atoms with Crippen molar-refractivity contribution in [2.75, 3.05) is 0 Å². The molecule has 0 radical (unpaired) electrons. The molecule has 0 unspecified atom stereocenters. The molecule has 0 amide bonds. The number of hydrogen-bond donors (Lipinski definition) is 0. The first kappa shape index (κ1) is 36.3. The summed E-state index contributed by atoms with van der Waals surface area (Å²) in [7, 11) is 0. The Kier molecular flexibility index (Phi) is 10.7. The molecule has 0 aliphatic heterocycles. The Morgan fingerprint density at radius 1 is 0.385 bits per heavy atom. The zero-order valence-electron chi connectivity index (χ0n) is 28.6. The van der Waals surface area contributed by atoms with Crippen LogP contribution in [0.1, 0.15) is 44.5 Å². The van der Waals surface area contributed by atoms with Crippen LogP contribution < -0.4 is 9.47 Å². The zero-order chi connectivity index (χ0) is 36.9. The van der Waals surface area contributed by atoms with Crippen LogP contribution in [0.15, 0.2) is 133 Å². The average molecular weight is 711 g/mol. The van der Waals surface area contributed by atoms with Gasteiger partial charge < -0.3 is 9.47 Å². The maximum atomic E-state index is 14.1. The number of ether oxygens (including phenoxy) is 2. The summed E-state index contributed by atoms with van der Waals surface area (Å²) < 4.78 is 95.6. The van der Waals surface area contributed by atoms with Crippen LogP contribution in [0.4, 0.5) is 26.3 Å². The maximum absolute atomic E-state index is 14.1. The number of aryl methyl sites for hydroxylation is 6. The van der Waals surface area contributed by atoms with Crippen molar-refractivity contribution < 1.29 is 35.8 Å². The molecule has 6 aromatic rings. The van der Waals surface area contributed by atoms with Crippen LogP contribution in [-0.2, 0) is 38.0 Å². The number of hydrogen-bond acceptors (Lipinski definition) is 2. The van der Waals surface area contributed by atoms with Gasteiger partial charge in [-0.15, -0.1) is 0 Å². The van der Waals surface area contributed by atoms with Gasteiger partial charge in [-0.2, -0.15) is 26.3 Å². The van der Waals surface area contributed by atoms with Crippen LogP contribution in [-0.4, -0.2) is 0 Å².